The van der Waals surface area contributed by atoms with Crippen molar-refractivity contribution in [2.24, 2.45) is 5.73 Å². The molecule has 0 aliphatic rings. The van der Waals surface area contributed by atoms with E-state index in [4.69, 9.17) is 11.0 Å². The van der Waals surface area contributed by atoms with Crippen LogP contribution < -0.4 is 11.1 Å². The van der Waals surface area contributed by atoms with E-state index in [1.165, 1.54) is 12.1 Å². The number of nitrogens with one attached hydrogen (secondary N) is 2. The van der Waals surface area contributed by atoms with Crippen LogP contribution in [0.1, 0.15) is 16.2 Å². The summed E-state index contributed by atoms with van der Waals surface area (Å²) < 4.78 is 0. The van der Waals surface area contributed by atoms with E-state index in [1.807, 2.05) is 6.07 Å². The van der Waals surface area contributed by atoms with Gasteiger partial charge in [0.1, 0.15) is 17.3 Å². The number of aromatic amines is 1. The van der Waals surface area contributed by atoms with Crippen LogP contribution in [-0.4, -0.2) is 31.5 Å². The summed E-state index contributed by atoms with van der Waals surface area (Å²) in [6, 6.07) is 5.39. The number of nitrogens with zero attached hydrogens (tertiary/aromatic N) is 5. The molecular formula is C11H8N8O3. The number of hydrogen-bond acceptors (Lipinski definition) is 8. The zero-order chi connectivity index (χ0) is 16.1. The van der Waals surface area contributed by atoms with Gasteiger partial charge in [-0.25, -0.2) is 0 Å². The van der Waals surface area contributed by atoms with Crippen LogP contribution in [0, 0.1) is 21.4 Å². The molecule has 0 aliphatic heterocycles. The second-order valence-corrected chi connectivity index (χ2v) is 3.90. The number of amides is 1. The van der Waals surface area contributed by atoms with Gasteiger partial charge in [0, 0.05) is 17.8 Å². The van der Waals surface area contributed by atoms with E-state index in [0.29, 0.717) is 0 Å². The van der Waals surface area contributed by atoms with Crippen LogP contribution in [0.5, 0.6) is 0 Å². The second-order valence-electron chi connectivity index (χ2n) is 3.90. The molecule has 11 heteroatoms. The molecule has 2 rings (SSSR count). The number of benzene rings is 1. The van der Waals surface area contributed by atoms with Crippen LogP contribution in [-0.2, 0) is 0 Å². The van der Waals surface area contributed by atoms with Gasteiger partial charge < -0.3 is 11.1 Å². The minimum absolute atomic E-state index is 0.00227. The van der Waals surface area contributed by atoms with Crippen LogP contribution in [0.25, 0.3) is 5.57 Å². The first-order chi connectivity index (χ1) is 10.5. The summed E-state index contributed by atoms with van der Waals surface area (Å²) in [5.74, 6) is -0.718. The lowest BCUT2D eigenvalue weighted by molar-refractivity contribution is -0.383. The summed E-state index contributed by atoms with van der Waals surface area (Å²) in [7, 11) is 0. The van der Waals surface area contributed by atoms with Gasteiger partial charge in [-0.05, 0) is 17.3 Å². The molecule has 0 radical (unpaired) electrons. The fourth-order valence-corrected chi connectivity index (χ4v) is 1.54. The first kappa shape index (κ1) is 14.6. The summed E-state index contributed by atoms with van der Waals surface area (Å²) in [5, 5.41) is 35.3. The van der Waals surface area contributed by atoms with Gasteiger partial charge in [0.15, 0.2) is 0 Å². The minimum Gasteiger partial charge on any atom is -0.366 e. The summed E-state index contributed by atoms with van der Waals surface area (Å²) in [5.41, 5.74) is 4.92. The first-order valence-electron chi connectivity index (χ1n) is 5.71. The molecule has 22 heavy (non-hydrogen) atoms. The van der Waals surface area contributed by atoms with E-state index >= 15 is 0 Å². The molecule has 0 spiro atoms. The molecule has 0 unspecified atom stereocenters. The zero-order valence-electron chi connectivity index (χ0n) is 10.8. The summed E-state index contributed by atoms with van der Waals surface area (Å²) >= 11 is 0. The van der Waals surface area contributed by atoms with Crippen LogP contribution in [0.2, 0.25) is 0 Å². The summed E-state index contributed by atoms with van der Waals surface area (Å²) in [6.07, 6.45) is 1.16. The van der Waals surface area contributed by atoms with Gasteiger partial charge in [0.2, 0.25) is 11.7 Å². The number of H-pyrrole nitrogens is 1. The number of tetrazole rings is 1. The van der Waals surface area contributed by atoms with Crippen molar-refractivity contribution in [3.63, 3.8) is 0 Å². The molecule has 110 valence electrons. The summed E-state index contributed by atoms with van der Waals surface area (Å²) in [6.45, 7) is 0. The number of rotatable bonds is 5. The maximum absolute atomic E-state index is 11.1. The van der Waals surface area contributed by atoms with Crippen LogP contribution in [0.15, 0.2) is 24.4 Å². The SMILES string of the molecule is N#CC(=CNc1cc(C(N)=O)ccc1[N+](=O)[O-])c1nn[nH]n1. The lowest BCUT2D eigenvalue weighted by atomic mass is 10.1. The Labute approximate surface area is 122 Å². The fourth-order valence-electron chi connectivity index (χ4n) is 1.54. The second kappa shape index (κ2) is 6.09. The van der Waals surface area contributed by atoms with Crippen LogP contribution in [0.3, 0.4) is 0 Å². The zero-order valence-corrected chi connectivity index (χ0v) is 10.8. The predicted molar refractivity (Wildman–Crippen MR) is 73.0 cm³/mol. The number of primary amides is 1. The minimum atomic E-state index is -0.736. The third kappa shape index (κ3) is 3.02. The molecule has 4 N–H and O–H groups in total. The van der Waals surface area contributed by atoms with Gasteiger partial charge in [-0.15, -0.1) is 10.2 Å². The highest BCUT2D eigenvalue weighted by molar-refractivity contribution is 5.94. The topological polar surface area (TPSA) is 177 Å². The standard InChI is InChI=1S/C11H8N8O3/c12-4-7(11-15-17-18-16-11)5-14-8-3-6(10(13)20)1-2-9(8)19(21)22/h1-3,5,14H,(H2,13,20)(H,15,16,17,18). The van der Waals surface area contributed by atoms with Crippen LogP contribution in [0.4, 0.5) is 11.4 Å². The number of carbonyl (C=O) groups excluding carboxylic acids is 1. The molecule has 0 saturated heterocycles. The predicted octanol–water partition coefficient (Wildman–Crippen LogP) is 0.183. The van der Waals surface area contributed by atoms with E-state index in [1.54, 1.807) is 0 Å². The van der Waals surface area contributed by atoms with Crippen LogP contribution >= 0.6 is 0 Å². The maximum Gasteiger partial charge on any atom is 0.292 e. The molecule has 0 saturated carbocycles. The maximum atomic E-state index is 11.1. The Bertz CT molecular complexity index is 790. The number of nitro benzene ring substituents is 1. The molecule has 2 aromatic rings. The highest BCUT2D eigenvalue weighted by Gasteiger charge is 2.16. The number of carbonyl (C=O) groups is 1. The van der Waals surface area contributed by atoms with Gasteiger partial charge in [-0.1, -0.05) is 0 Å². The van der Waals surface area contributed by atoms with Crippen molar-refractivity contribution in [1.29, 1.82) is 5.26 Å². The van der Waals surface area contributed by atoms with Gasteiger partial charge in [0.05, 0.1) is 4.92 Å². The monoisotopic (exact) mass is 300 g/mol. The molecule has 0 fully saturated rings. The fraction of sp³-hybridized carbons (Fsp3) is 0. The third-order valence-electron chi connectivity index (χ3n) is 2.56. The van der Waals surface area contributed by atoms with E-state index in [-0.39, 0.29) is 28.3 Å². The van der Waals surface area contributed by atoms with Crippen molar-refractivity contribution in [3.8, 4) is 6.07 Å². The average Bonchev–Trinajstić information content (AvgIpc) is 3.01. The first-order valence-corrected chi connectivity index (χ1v) is 5.71. The third-order valence-corrected chi connectivity index (χ3v) is 2.56. The van der Waals surface area contributed by atoms with Crippen molar-refractivity contribution in [3.05, 3.63) is 45.9 Å². The van der Waals surface area contributed by atoms with Crippen molar-refractivity contribution in [1.82, 2.24) is 20.6 Å². The van der Waals surface area contributed by atoms with Crippen molar-refractivity contribution in [2.75, 3.05) is 5.32 Å². The average molecular weight is 300 g/mol. The van der Waals surface area contributed by atoms with Gasteiger partial charge >= 0.3 is 0 Å². The molecule has 1 heterocycles. The molecule has 0 atom stereocenters. The highest BCUT2D eigenvalue weighted by atomic mass is 16.6. The van der Waals surface area contributed by atoms with Gasteiger partial charge in [-0.3, -0.25) is 14.9 Å². The van der Waals surface area contributed by atoms with Gasteiger partial charge in [-0.2, -0.15) is 10.5 Å². The Morgan fingerprint density at radius 2 is 2.32 bits per heavy atom. The van der Waals surface area contributed by atoms with Crippen molar-refractivity contribution >= 4 is 22.9 Å². The molecule has 1 aromatic heterocycles. The smallest absolute Gasteiger partial charge is 0.292 e. The number of nitriles is 1. The quantitative estimate of drug-likeness (QED) is 0.397. The number of allylic oxidation sites excluding steroid dienone is 1. The normalized spacial score (nSPS) is 10.8. The Hall–Kier alpha value is -3.81. The molecule has 1 amide bonds. The van der Waals surface area contributed by atoms with E-state index < -0.39 is 10.8 Å². The van der Waals surface area contributed by atoms with Crippen molar-refractivity contribution < 1.29 is 9.72 Å². The molecule has 1 aromatic carbocycles. The summed E-state index contributed by atoms with van der Waals surface area (Å²) in [4.78, 5) is 21.5. The Balaban J connectivity index is 2.39. The van der Waals surface area contributed by atoms with E-state index in [2.05, 4.69) is 25.9 Å². The van der Waals surface area contributed by atoms with Gasteiger partial charge in [0.25, 0.3) is 5.69 Å². The molecular weight excluding hydrogens is 292 g/mol. The molecule has 0 bridgehead atoms. The highest BCUT2D eigenvalue weighted by Crippen LogP contribution is 2.26. The number of nitro groups is 1. The Morgan fingerprint density at radius 1 is 1.55 bits per heavy atom. The lowest BCUT2D eigenvalue weighted by Crippen LogP contribution is -2.11. The molecule has 11 nitrogen and oxygen atoms in total. The molecule has 0 aliphatic carbocycles. The number of aromatic nitrogens is 4. The Kier molecular flexibility index (Phi) is 4.04. The van der Waals surface area contributed by atoms with E-state index in [0.717, 1.165) is 12.3 Å². The number of nitrogens with two attached hydrogens (primary N) is 1. The lowest BCUT2D eigenvalue weighted by Gasteiger charge is -2.04. The van der Waals surface area contributed by atoms with E-state index in [9.17, 15) is 14.9 Å². The number of hydrogen-bond donors (Lipinski definition) is 3. The number of anilines is 1. The largest absolute Gasteiger partial charge is 0.366 e. The van der Waals surface area contributed by atoms with Crippen molar-refractivity contribution in [2.45, 2.75) is 0 Å². The Morgan fingerprint density at radius 3 is 2.86 bits per heavy atom.